The van der Waals surface area contributed by atoms with Gasteiger partial charge in [-0.1, -0.05) is 0 Å². The van der Waals surface area contributed by atoms with Crippen molar-refractivity contribution in [2.45, 2.75) is 25.8 Å². The van der Waals surface area contributed by atoms with Gasteiger partial charge in [0.1, 0.15) is 10.3 Å². The minimum Gasteiger partial charge on any atom is -0.397 e. The van der Waals surface area contributed by atoms with Crippen LogP contribution in [-0.4, -0.2) is 15.5 Å². The molecule has 1 fully saturated rings. The number of anilines is 2. The first-order valence-electron chi connectivity index (χ1n) is 6.46. The van der Waals surface area contributed by atoms with Crippen molar-refractivity contribution < 1.29 is 4.79 Å². The first kappa shape index (κ1) is 13.2. The van der Waals surface area contributed by atoms with Gasteiger partial charge in [0.25, 0.3) is 5.91 Å². The number of aryl methyl sites for hydroxylation is 1. The second-order valence-corrected chi connectivity index (χ2v) is 5.83. The highest BCUT2D eigenvalue weighted by Gasteiger charge is 2.27. The number of amides is 1. The third-order valence-electron chi connectivity index (χ3n) is 3.34. The number of nitrogens with one attached hydrogen (secondary N) is 1. The van der Waals surface area contributed by atoms with Crippen LogP contribution in [0.1, 0.15) is 35.1 Å². The normalized spacial score (nSPS) is 14.3. The van der Waals surface area contributed by atoms with Crippen LogP contribution in [0, 0.1) is 6.92 Å². The summed E-state index contributed by atoms with van der Waals surface area (Å²) in [6.07, 6.45) is 4.04. The zero-order valence-electron chi connectivity index (χ0n) is 11.1. The number of hydrogen-bond acceptors (Lipinski definition) is 3. The molecule has 0 bridgehead atoms. The van der Waals surface area contributed by atoms with Gasteiger partial charge in [-0.05, 0) is 53.9 Å². The van der Waals surface area contributed by atoms with Crippen LogP contribution in [0.2, 0.25) is 0 Å². The van der Waals surface area contributed by atoms with Gasteiger partial charge in [-0.25, -0.2) is 4.98 Å². The summed E-state index contributed by atoms with van der Waals surface area (Å²) < 4.78 is 2.71. The Morgan fingerprint density at radius 1 is 1.50 bits per heavy atom. The molecule has 0 radical (unpaired) electrons. The lowest BCUT2D eigenvalue weighted by Gasteiger charge is -2.10. The molecule has 3 N–H and O–H groups in total. The fraction of sp³-hybridized carbons (Fsp3) is 0.286. The monoisotopic (exact) mass is 334 g/mol. The number of nitrogens with two attached hydrogens (primary N) is 1. The van der Waals surface area contributed by atoms with E-state index in [0.29, 0.717) is 23.1 Å². The van der Waals surface area contributed by atoms with Crippen molar-refractivity contribution in [2.75, 3.05) is 11.1 Å². The molecule has 3 rings (SSSR count). The Morgan fingerprint density at radius 3 is 2.90 bits per heavy atom. The number of nitrogens with zero attached hydrogens (tertiary/aromatic N) is 2. The van der Waals surface area contributed by atoms with Crippen LogP contribution in [0.3, 0.4) is 0 Å². The standard InChI is InChI=1S/C14H15BrN4O/c1-8-11(4-5-13(15)17-8)18-14(20)12-6-9(16)7-19(12)10-2-3-10/h4-7,10H,2-3,16H2,1H3,(H,18,20). The topological polar surface area (TPSA) is 72.9 Å². The van der Waals surface area contributed by atoms with Gasteiger partial charge in [0.05, 0.1) is 17.1 Å². The number of halogens is 1. The van der Waals surface area contributed by atoms with Crippen LogP contribution in [-0.2, 0) is 0 Å². The Bertz CT molecular complexity index is 676. The highest BCUT2D eigenvalue weighted by atomic mass is 79.9. The molecule has 2 aromatic rings. The molecule has 104 valence electrons. The van der Waals surface area contributed by atoms with Gasteiger partial charge in [-0.15, -0.1) is 0 Å². The molecule has 0 aromatic carbocycles. The van der Waals surface area contributed by atoms with E-state index in [1.165, 1.54) is 0 Å². The molecular formula is C14H15BrN4O. The van der Waals surface area contributed by atoms with Crippen molar-refractivity contribution in [3.8, 4) is 0 Å². The lowest BCUT2D eigenvalue weighted by atomic mass is 10.3. The first-order chi connectivity index (χ1) is 9.54. The number of hydrogen-bond donors (Lipinski definition) is 2. The van der Waals surface area contributed by atoms with Crippen LogP contribution in [0.15, 0.2) is 29.0 Å². The van der Waals surface area contributed by atoms with E-state index in [0.717, 1.165) is 23.1 Å². The summed E-state index contributed by atoms with van der Waals surface area (Å²) in [6, 6.07) is 5.77. The van der Waals surface area contributed by atoms with Gasteiger partial charge >= 0.3 is 0 Å². The van der Waals surface area contributed by atoms with E-state index in [2.05, 4.69) is 26.2 Å². The van der Waals surface area contributed by atoms with E-state index < -0.39 is 0 Å². The summed E-state index contributed by atoms with van der Waals surface area (Å²) in [5.41, 5.74) is 8.51. The van der Waals surface area contributed by atoms with Crippen molar-refractivity contribution in [3.05, 3.63) is 40.4 Å². The third kappa shape index (κ3) is 2.56. The minimum absolute atomic E-state index is 0.152. The second-order valence-electron chi connectivity index (χ2n) is 5.02. The summed E-state index contributed by atoms with van der Waals surface area (Å²) in [5.74, 6) is -0.152. The summed E-state index contributed by atoms with van der Waals surface area (Å²) >= 11 is 3.31. The molecule has 1 saturated carbocycles. The maximum atomic E-state index is 12.4. The van der Waals surface area contributed by atoms with E-state index in [1.807, 2.05) is 23.8 Å². The number of carbonyl (C=O) groups is 1. The smallest absolute Gasteiger partial charge is 0.272 e. The van der Waals surface area contributed by atoms with Gasteiger partial charge in [0.2, 0.25) is 0 Å². The number of nitrogen functional groups attached to an aromatic ring is 1. The lowest BCUT2D eigenvalue weighted by Crippen LogP contribution is -2.17. The van der Waals surface area contributed by atoms with Crippen LogP contribution < -0.4 is 11.1 Å². The summed E-state index contributed by atoms with van der Waals surface area (Å²) in [6.45, 7) is 1.86. The number of rotatable bonds is 3. The van der Waals surface area contributed by atoms with E-state index >= 15 is 0 Å². The average molecular weight is 335 g/mol. The van der Waals surface area contributed by atoms with Gasteiger partial charge in [0, 0.05) is 12.2 Å². The molecule has 0 aliphatic heterocycles. The predicted molar refractivity (Wildman–Crippen MR) is 81.7 cm³/mol. The molecule has 1 amide bonds. The molecule has 0 spiro atoms. The van der Waals surface area contributed by atoms with Crippen molar-refractivity contribution in [1.82, 2.24) is 9.55 Å². The molecule has 0 saturated heterocycles. The van der Waals surface area contributed by atoms with E-state index in [9.17, 15) is 4.79 Å². The van der Waals surface area contributed by atoms with Crippen LogP contribution in [0.4, 0.5) is 11.4 Å². The summed E-state index contributed by atoms with van der Waals surface area (Å²) in [5, 5.41) is 2.89. The number of carbonyl (C=O) groups excluding carboxylic acids is 1. The molecule has 20 heavy (non-hydrogen) atoms. The Balaban J connectivity index is 1.86. The Labute approximate surface area is 125 Å². The molecule has 5 nitrogen and oxygen atoms in total. The molecule has 1 aliphatic rings. The highest BCUT2D eigenvalue weighted by Crippen LogP contribution is 2.37. The van der Waals surface area contributed by atoms with Gasteiger partial charge in [-0.2, -0.15) is 0 Å². The largest absolute Gasteiger partial charge is 0.397 e. The fourth-order valence-electron chi connectivity index (χ4n) is 2.19. The SMILES string of the molecule is Cc1nc(Br)ccc1NC(=O)c1cc(N)cn1C1CC1. The molecule has 1 aliphatic carbocycles. The third-order valence-corrected chi connectivity index (χ3v) is 3.78. The quantitative estimate of drug-likeness (QED) is 0.847. The zero-order valence-corrected chi connectivity index (χ0v) is 12.6. The fourth-order valence-corrected chi connectivity index (χ4v) is 2.58. The van der Waals surface area contributed by atoms with E-state index in [1.54, 1.807) is 12.1 Å². The van der Waals surface area contributed by atoms with Crippen LogP contribution in [0.25, 0.3) is 0 Å². The molecule has 0 unspecified atom stereocenters. The number of aromatic nitrogens is 2. The van der Waals surface area contributed by atoms with Crippen LogP contribution >= 0.6 is 15.9 Å². The second kappa shape index (κ2) is 4.94. The Hall–Kier alpha value is -1.82. The molecule has 2 heterocycles. The van der Waals surface area contributed by atoms with Gasteiger partial charge in [-0.3, -0.25) is 4.79 Å². The van der Waals surface area contributed by atoms with Crippen molar-refractivity contribution in [1.29, 1.82) is 0 Å². The Kier molecular flexibility index (Phi) is 3.25. The Morgan fingerprint density at radius 2 is 2.25 bits per heavy atom. The maximum absolute atomic E-state index is 12.4. The van der Waals surface area contributed by atoms with Crippen LogP contribution in [0.5, 0.6) is 0 Å². The molecule has 6 heteroatoms. The summed E-state index contributed by atoms with van der Waals surface area (Å²) in [7, 11) is 0. The maximum Gasteiger partial charge on any atom is 0.272 e. The molecule has 2 aromatic heterocycles. The van der Waals surface area contributed by atoms with Crippen molar-refractivity contribution in [3.63, 3.8) is 0 Å². The molecule has 0 atom stereocenters. The van der Waals surface area contributed by atoms with Gasteiger partial charge < -0.3 is 15.6 Å². The van der Waals surface area contributed by atoms with Gasteiger partial charge in [0.15, 0.2) is 0 Å². The first-order valence-corrected chi connectivity index (χ1v) is 7.26. The average Bonchev–Trinajstić information content (AvgIpc) is 3.16. The summed E-state index contributed by atoms with van der Waals surface area (Å²) in [4.78, 5) is 16.7. The molecular weight excluding hydrogens is 320 g/mol. The highest BCUT2D eigenvalue weighted by molar-refractivity contribution is 9.10. The van der Waals surface area contributed by atoms with Crippen molar-refractivity contribution in [2.24, 2.45) is 0 Å². The van der Waals surface area contributed by atoms with E-state index in [4.69, 9.17) is 5.73 Å². The van der Waals surface area contributed by atoms with E-state index in [-0.39, 0.29) is 5.91 Å². The number of pyridine rings is 1. The minimum atomic E-state index is -0.152. The zero-order chi connectivity index (χ0) is 14.3. The van der Waals surface area contributed by atoms with Crippen molar-refractivity contribution >= 4 is 33.2 Å². The lowest BCUT2D eigenvalue weighted by molar-refractivity contribution is 0.101. The predicted octanol–water partition coefficient (Wildman–Crippen LogP) is 3.12.